The van der Waals surface area contributed by atoms with Crippen molar-refractivity contribution in [3.63, 3.8) is 0 Å². The molecule has 3 atom stereocenters. The number of benzene rings is 1. The number of carbonyl (C=O) groups excluding carboxylic acids is 2. The number of anilines is 1. The van der Waals surface area contributed by atoms with Crippen molar-refractivity contribution in [2.45, 2.75) is 50.2 Å². The van der Waals surface area contributed by atoms with Gasteiger partial charge in [-0.1, -0.05) is 6.07 Å². The molecular weight excluding hydrogens is 390 g/mol. The molecule has 3 N–H and O–H groups in total. The van der Waals surface area contributed by atoms with Crippen LogP contribution < -0.4 is 16.0 Å². The molecule has 3 aliphatic heterocycles. The number of halogens is 2. The first-order chi connectivity index (χ1) is 14.4. The van der Waals surface area contributed by atoms with Crippen LogP contribution in [0.2, 0.25) is 0 Å². The quantitative estimate of drug-likeness (QED) is 0.728. The number of hydrogen-bond donors (Lipinski definition) is 2. The highest BCUT2D eigenvalue weighted by Gasteiger charge is 2.31. The van der Waals surface area contributed by atoms with Gasteiger partial charge in [-0.15, -0.1) is 0 Å². The number of nitrogens with zero attached hydrogens (tertiary/aromatic N) is 2. The topological polar surface area (TPSA) is 78.7 Å². The van der Waals surface area contributed by atoms with Gasteiger partial charge in [0.15, 0.2) is 0 Å². The van der Waals surface area contributed by atoms with E-state index in [1.807, 2.05) is 4.90 Å². The van der Waals surface area contributed by atoms with Crippen molar-refractivity contribution < 1.29 is 18.4 Å². The van der Waals surface area contributed by atoms with Gasteiger partial charge in [0.2, 0.25) is 11.8 Å². The van der Waals surface area contributed by atoms with Crippen LogP contribution in [-0.4, -0.2) is 61.7 Å². The highest BCUT2D eigenvalue weighted by Crippen LogP contribution is 2.31. The van der Waals surface area contributed by atoms with Crippen molar-refractivity contribution in [1.82, 2.24) is 10.2 Å². The molecule has 30 heavy (non-hydrogen) atoms. The monoisotopic (exact) mass is 420 g/mol. The van der Waals surface area contributed by atoms with Gasteiger partial charge in [0, 0.05) is 38.6 Å². The summed E-state index contributed by atoms with van der Waals surface area (Å²) in [6.45, 7) is 3.64. The minimum absolute atomic E-state index is 0.273. The van der Waals surface area contributed by atoms with E-state index < -0.39 is 12.1 Å². The van der Waals surface area contributed by atoms with E-state index in [1.54, 1.807) is 12.1 Å². The number of nitrogens with two attached hydrogens (primary N) is 1. The minimum atomic E-state index is -0.948. The van der Waals surface area contributed by atoms with Crippen LogP contribution in [0.4, 0.5) is 14.5 Å². The first-order valence-corrected chi connectivity index (χ1v) is 10.9. The van der Waals surface area contributed by atoms with Gasteiger partial charge >= 0.3 is 0 Å². The maximum Gasteiger partial charge on any atom is 0.234 e. The second-order valence-electron chi connectivity index (χ2n) is 8.87. The summed E-state index contributed by atoms with van der Waals surface area (Å²) in [6, 6.07) is 4.63. The van der Waals surface area contributed by atoms with Crippen LogP contribution in [0.15, 0.2) is 18.2 Å². The Balaban J connectivity index is 1.32. The summed E-state index contributed by atoms with van der Waals surface area (Å²) in [6.07, 6.45) is 2.32. The average Bonchev–Trinajstić information content (AvgIpc) is 2.71. The summed E-state index contributed by atoms with van der Waals surface area (Å²) < 4.78 is 28.7. The second kappa shape index (κ2) is 8.98. The minimum Gasteiger partial charge on any atom is -0.369 e. The lowest BCUT2D eigenvalue weighted by atomic mass is 9.90. The molecule has 1 aromatic rings. The molecule has 6 nitrogen and oxygen atoms in total. The molecule has 1 unspecified atom stereocenters. The smallest absolute Gasteiger partial charge is 0.234 e. The molecule has 1 aromatic carbocycles. The van der Waals surface area contributed by atoms with E-state index in [2.05, 4.69) is 10.2 Å². The number of rotatable bonds is 4. The molecule has 0 spiro atoms. The fourth-order valence-corrected chi connectivity index (χ4v) is 4.88. The SMILES string of the molecule is N[C@@H]1CCN(CC2CCN(c3ccc(C4CCC(=O)NC4=O)cc3F)CC2)C[C@H]1F. The summed E-state index contributed by atoms with van der Waals surface area (Å²) in [4.78, 5) is 27.6. The van der Waals surface area contributed by atoms with Crippen LogP contribution in [0.3, 0.4) is 0 Å². The van der Waals surface area contributed by atoms with Crippen LogP contribution in [-0.2, 0) is 9.59 Å². The summed E-state index contributed by atoms with van der Waals surface area (Å²) in [5.41, 5.74) is 6.93. The number of carbonyl (C=O) groups is 2. The van der Waals surface area contributed by atoms with Crippen molar-refractivity contribution in [3.05, 3.63) is 29.6 Å². The number of amides is 2. The first-order valence-electron chi connectivity index (χ1n) is 10.9. The molecule has 3 heterocycles. The Labute approximate surface area is 175 Å². The lowest BCUT2D eigenvalue weighted by Gasteiger charge is -2.39. The summed E-state index contributed by atoms with van der Waals surface area (Å²) in [5.74, 6) is -0.956. The highest BCUT2D eigenvalue weighted by molar-refractivity contribution is 6.00. The van der Waals surface area contributed by atoms with E-state index in [4.69, 9.17) is 5.73 Å². The van der Waals surface area contributed by atoms with Gasteiger partial charge in [-0.25, -0.2) is 8.78 Å². The van der Waals surface area contributed by atoms with Crippen LogP contribution in [0.5, 0.6) is 0 Å². The summed E-state index contributed by atoms with van der Waals surface area (Å²) in [5, 5.41) is 2.32. The molecule has 8 heteroatoms. The van der Waals surface area contributed by atoms with E-state index in [0.717, 1.165) is 39.0 Å². The third-order valence-electron chi connectivity index (χ3n) is 6.76. The number of piperidine rings is 3. The Bertz CT molecular complexity index is 797. The summed E-state index contributed by atoms with van der Waals surface area (Å²) >= 11 is 0. The largest absolute Gasteiger partial charge is 0.369 e. The van der Waals surface area contributed by atoms with E-state index in [9.17, 15) is 18.4 Å². The van der Waals surface area contributed by atoms with Gasteiger partial charge < -0.3 is 15.5 Å². The standard InChI is InChI=1S/C22H30F2N4O2/c23-17-11-15(16-2-4-21(29)26-22(16)30)1-3-20(17)28-9-5-14(6-10-28)12-27-8-7-19(25)18(24)13-27/h1,3,11,14,16,18-19H,2,4-10,12-13,25H2,(H,26,29,30)/t16?,18-,19-/m1/s1. The average molecular weight is 421 g/mol. The molecule has 2 amide bonds. The Morgan fingerprint density at radius 3 is 2.53 bits per heavy atom. The van der Waals surface area contributed by atoms with Crippen LogP contribution in [0.25, 0.3) is 0 Å². The number of hydrogen-bond acceptors (Lipinski definition) is 5. The molecule has 3 fully saturated rings. The molecular formula is C22H30F2N4O2. The number of alkyl halides is 1. The number of nitrogens with one attached hydrogen (secondary N) is 1. The van der Waals surface area contributed by atoms with Gasteiger partial charge in [0.1, 0.15) is 12.0 Å². The maximum absolute atomic E-state index is 14.8. The molecule has 3 aliphatic rings. The molecule has 0 aromatic heterocycles. The van der Waals surface area contributed by atoms with Gasteiger partial charge in [-0.05, 0) is 55.8 Å². The van der Waals surface area contributed by atoms with Crippen molar-refractivity contribution in [3.8, 4) is 0 Å². The van der Waals surface area contributed by atoms with Crippen molar-refractivity contribution in [2.24, 2.45) is 11.7 Å². The van der Waals surface area contributed by atoms with Crippen LogP contribution in [0, 0.1) is 11.7 Å². The molecule has 4 rings (SSSR count). The van der Waals surface area contributed by atoms with E-state index >= 15 is 0 Å². The number of likely N-dealkylation sites (tertiary alicyclic amines) is 1. The third kappa shape index (κ3) is 4.64. The zero-order valence-corrected chi connectivity index (χ0v) is 17.2. The van der Waals surface area contributed by atoms with E-state index in [0.29, 0.717) is 36.6 Å². The van der Waals surface area contributed by atoms with Crippen LogP contribution >= 0.6 is 0 Å². The lowest BCUT2D eigenvalue weighted by Crippen LogP contribution is -2.50. The molecule has 0 aliphatic carbocycles. The molecule has 0 radical (unpaired) electrons. The van der Waals surface area contributed by atoms with Crippen LogP contribution in [0.1, 0.15) is 43.6 Å². The fraction of sp³-hybridized carbons (Fsp3) is 0.636. The Kier molecular flexibility index (Phi) is 6.34. The maximum atomic E-state index is 14.8. The van der Waals surface area contributed by atoms with Gasteiger partial charge in [0.05, 0.1) is 11.6 Å². The second-order valence-corrected chi connectivity index (χ2v) is 8.87. The zero-order chi connectivity index (χ0) is 21.3. The molecule has 0 bridgehead atoms. The van der Waals surface area contributed by atoms with Gasteiger partial charge in [-0.2, -0.15) is 0 Å². The Morgan fingerprint density at radius 2 is 1.87 bits per heavy atom. The van der Waals surface area contributed by atoms with E-state index in [1.165, 1.54) is 6.07 Å². The fourth-order valence-electron chi connectivity index (χ4n) is 4.88. The molecule has 0 saturated carbocycles. The van der Waals surface area contributed by atoms with Crippen molar-refractivity contribution in [2.75, 3.05) is 37.6 Å². The predicted molar refractivity (Wildman–Crippen MR) is 110 cm³/mol. The molecule has 164 valence electrons. The number of imide groups is 1. The van der Waals surface area contributed by atoms with Crippen molar-refractivity contribution >= 4 is 17.5 Å². The van der Waals surface area contributed by atoms with Crippen molar-refractivity contribution in [1.29, 1.82) is 0 Å². The Morgan fingerprint density at radius 1 is 1.10 bits per heavy atom. The summed E-state index contributed by atoms with van der Waals surface area (Å²) in [7, 11) is 0. The van der Waals surface area contributed by atoms with E-state index in [-0.39, 0.29) is 30.1 Å². The van der Waals surface area contributed by atoms with Gasteiger partial charge in [-0.3, -0.25) is 14.9 Å². The Hall–Kier alpha value is -2.06. The normalized spacial score (nSPS) is 29.2. The molecule has 3 saturated heterocycles. The zero-order valence-electron chi connectivity index (χ0n) is 17.2. The highest BCUT2D eigenvalue weighted by atomic mass is 19.1. The first kappa shape index (κ1) is 21.2. The van der Waals surface area contributed by atoms with Gasteiger partial charge in [0.25, 0.3) is 0 Å². The third-order valence-corrected chi connectivity index (χ3v) is 6.76. The lowest BCUT2D eigenvalue weighted by molar-refractivity contribution is -0.134. The predicted octanol–water partition coefficient (Wildman–Crippen LogP) is 1.93.